The highest BCUT2D eigenvalue weighted by molar-refractivity contribution is 7.11. The van der Waals surface area contributed by atoms with Gasteiger partial charge in [0.2, 0.25) is 0 Å². The molecule has 120 valence electrons. The van der Waals surface area contributed by atoms with Crippen molar-refractivity contribution in [1.82, 2.24) is 20.4 Å². The predicted molar refractivity (Wildman–Crippen MR) is 91.4 cm³/mol. The van der Waals surface area contributed by atoms with Gasteiger partial charge in [0.25, 0.3) is 5.89 Å². The van der Waals surface area contributed by atoms with Crippen LogP contribution in [0, 0.1) is 6.92 Å². The molecule has 0 saturated carbocycles. The van der Waals surface area contributed by atoms with Gasteiger partial charge in [-0.1, -0.05) is 24.2 Å². The summed E-state index contributed by atoms with van der Waals surface area (Å²) in [5, 5.41) is 8.49. The standard InChI is InChI=1S/C17H20N4OS/c1-3-16-20-17(22-21-16)14-6-4-13(5-7-14)8-9-18-10-15-11-19-12(2)23-15/h4-7,11,18H,3,8-10H2,1-2H3. The second kappa shape index (κ2) is 7.48. The lowest BCUT2D eigenvalue weighted by Crippen LogP contribution is -2.15. The third kappa shape index (κ3) is 4.24. The van der Waals surface area contributed by atoms with Crippen LogP contribution >= 0.6 is 11.3 Å². The second-order valence-corrected chi connectivity index (χ2v) is 6.66. The molecule has 1 N–H and O–H groups in total. The van der Waals surface area contributed by atoms with Crippen LogP contribution in [-0.4, -0.2) is 21.7 Å². The molecule has 2 aromatic heterocycles. The first-order valence-corrected chi connectivity index (χ1v) is 8.60. The Bertz CT molecular complexity index is 748. The molecule has 6 heteroatoms. The van der Waals surface area contributed by atoms with Crippen molar-refractivity contribution in [3.05, 3.63) is 51.7 Å². The molecule has 0 amide bonds. The zero-order valence-corrected chi connectivity index (χ0v) is 14.2. The van der Waals surface area contributed by atoms with Gasteiger partial charge in [-0.05, 0) is 37.6 Å². The SMILES string of the molecule is CCc1noc(-c2ccc(CCNCc3cnc(C)s3)cc2)n1. The lowest BCUT2D eigenvalue weighted by molar-refractivity contribution is 0.423. The lowest BCUT2D eigenvalue weighted by Gasteiger charge is -2.04. The topological polar surface area (TPSA) is 63.8 Å². The van der Waals surface area contributed by atoms with E-state index in [1.54, 1.807) is 11.3 Å². The number of rotatable bonds is 7. The Hall–Kier alpha value is -2.05. The highest BCUT2D eigenvalue weighted by atomic mass is 32.1. The van der Waals surface area contributed by atoms with Crippen molar-refractivity contribution in [3.63, 3.8) is 0 Å². The Morgan fingerprint density at radius 1 is 1.22 bits per heavy atom. The first-order valence-electron chi connectivity index (χ1n) is 7.78. The smallest absolute Gasteiger partial charge is 0.257 e. The molecular weight excluding hydrogens is 308 g/mol. The average molecular weight is 328 g/mol. The minimum Gasteiger partial charge on any atom is -0.334 e. The maximum absolute atomic E-state index is 5.25. The molecule has 2 heterocycles. The summed E-state index contributed by atoms with van der Waals surface area (Å²) in [6.07, 6.45) is 3.71. The number of nitrogens with zero attached hydrogens (tertiary/aromatic N) is 3. The summed E-state index contributed by atoms with van der Waals surface area (Å²) in [5.74, 6) is 1.33. The maximum atomic E-state index is 5.25. The van der Waals surface area contributed by atoms with Crippen molar-refractivity contribution < 1.29 is 4.52 Å². The summed E-state index contributed by atoms with van der Waals surface area (Å²) in [5.41, 5.74) is 2.26. The Kier molecular flexibility index (Phi) is 5.15. The van der Waals surface area contributed by atoms with Crippen molar-refractivity contribution in [2.75, 3.05) is 6.54 Å². The van der Waals surface area contributed by atoms with Crippen LogP contribution in [0.3, 0.4) is 0 Å². The van der Waals surface area contributed by atoms with E-state index < -0.39 is 0 Å². The van der Waals surface area contributed by atoms with E-state index in [4.69, 9.17) is 4.52 Å². The fraction of sp³-hybridized carbons (Fsp3) is 0.353. The van der Waals surface area contributed by atoms with Crippen molar-refractivity contribution in [2.45, 2.75) is 33.2 Å². The van der Waals surface area contributed by atoms with Crippen molar-refractivity contribution in [3.8, 4) is 11.5 Å². The number of aryl methyl sites for hydroxylation is 2. The molecule has 0 atom stereocenters. The van der Waals surface area contributed by atoms with Gasteiger partial charge in [-0.25, -0.2) is 4.98 Å². The molecule has 0 fully saturated rings. The monoisotopic (exact) mass is 328 g/mol. The van der Waals surface area contributed by atoms with Gasteiger partial charge in [0, 0.05) is 29.6 Å². The molecule has 0 saturated heterocycles. The van der Waals surface area contributed by atoms with Gasteiger partial charge in [0.05, 0.1) is 5.01 Å². The Morgan fingerprint density at radius 3 is 2.70 bits per heavy atom. The molecule has 3 aromatic rings. The Labute approximate surface area is 139 Å². The zero-order valence-electron chi connectivity index (χ0n) is 13.4. The van der Waals surface area contributed by atoms with Gasteiger partial charge in [-0.2, -0.15) is 4.98 Å². The lowest BCUT2D eigenvalue weighted by atomic mass is 10.1. The molecule has 23 heavy (non-hydrogen) atoms. The van der Waals surface area contributed by atoms with Crippen molar-refractivity contribution in [2.24, 2.45) is 0 Å². The van der Waals surface area contributed by atoms with Crippen LogP contribution in [0.5, 0.6) is 0 Å². The van der Waals surface area contributed by atoms with E-state index in [0.29, 0.717) is 5.89 Å². The fourth-order valence-electron chi connectivity index (χ4n) is 2.26. The highest BCUT2D eigenvalue weighted by Gasteiger charge is 2.07. The van der Waals surface area contributed by atoms with Gasteiger partial charge < -0.3 is 9.84 Å². The quantitative estimate of drug-likeness (QED) is 0.674. The molecule has 0 spiro atoms. The van der Waals surface area contributed by atoms with Crippen LogP contribution < -0.4 is 5.32 Å². The number of thiazole rings is 1. The minimum absolute atomic E-state index is 0.590. The van der Waals surface area contributed by atoms with Crippen LogP contribution in [0.4, 0.5) is 0 Å². The first-order chi connectivity index (χ1) is 11.2. The molecule has 0 aliphatic rings. The van der Waals surface area contributed by atoms with E-state index in [0.717, 1.165) is 42.3 Å². The molecule has 0 radical (unpaired) electrons. The summed E-state index contributed by atoms with van der Waals surface area (Å²) < 4.78 is 5.25. The van der Waals surface area contributed by atoms with Crippen LogP contribution in [0.15, 0.2) is 35.0 Å². The number of hydrogen-bond acceptors (Lipinski definition) is 6. The largest absolute Gasteiger partial charge is 0.334 e. The molecule has 0 unspecified atom stereocenters. The van der Waals surface area contributed by atoms with E-state index in [2.05, 4.69) is 32.6 Å². The molecule has 0 aliphatic carbocycles. The molecule has 0 bridgehead atoms. The van der Waals surface area contributed by atoms with Crippen LogP contribution in [0.2, 0.25) is 0 Å². The summed E-state index contributed by atoms with van der Waals surface area (Å²) >= 11 is 1.74. The number of hydrogen-bond donors (Lipinski definition) is 1. The molecule has 1 aromatic carbocycles. The maximum Gasteiger partial charge on any atom is 0.257 e. The van der Waals surface area contributed by atoms with Crippen molar-refractivity contribution >= 4 is 11.3 Å². The Morgan fingerprint density at radius 2 is 2.04 bits per heavy atom. The molecule has 0 aliphatic heterocycles. The normalized spacial score (nSPS) is 11.0. The summed E-state index contributed by atoms with van der Waals surface area (Å²) in [7, 11) is 0. The number of benzene rings is 1. The van der Waals surface area contributed by atoms with E-state index in [9.17, 15) is 0 Å². The summed E-state index contributed by atoms with van der Waals surface area (Å²) in [6, 6.07) is 8.30. The second-order valence-electron chi connectivity index (χ2n) is 5.34. The fourth-order valence-corrected chi connectivity index (χ4v) is 3.02. The predicted octanol–water partition coefficient (Wildman–Crippen LogP) is 3.40. The average Bonchev–Trinajstić information content (AvgIpc) is 3.21. The van der Waals surface area contributed by atoms with Crippen molar-refractivity contribution in [1.29, 1.82) is 0 Å². The van der Waals surface area contributed by atoms with E-state index >= 15 is 0 Å². The first kappa shape index (κ1) is 15.8. The van der Waals surface area contributed by atoms with Gasteiger partial charge in [-0.3, -0.25) is 0 Å². The third-order valence-corrected chi connectivity index (χ3v) is 4.46. The Balaban J connectivity index is 1.49. The van der Waals surface area contributed by atoms with E-state index in [-0.39, 0.29) is 0 Å². The molecule has 5 nitrogen and oxygen atoms in total. The van der Waals surface area contributed by atoms with Gasteiger partial charge in [0.15, 0.2) is 5.82 Å². The summed E-state index contributed by atoms with van der Waals surface area (Å²) in [6.45, 7) is 5.86. The van der Waals surface area contributed by atoms with Crippen LogP contribution in [0.1, 0.15) is 28.2 Å². The van der Waals surface area contributed by atoms with Gasteiger partial charge in [0.1, 0.15) is 0 Å². The van der Waals surface area contributed by atoms with E-state index in [1.165, 1.54) is 10.4 Å². The molecular formula is C17H20N4OS. The number of nitrogens with one attached hydrogen (secondary N) is 1. The third-order valence-electron chi connectivity index (χ3n) is 3.54. The molecule has 3 rings (SSSR count). The highest BCUT2D eigenvalue weighted by Crippen LogP contribution is 2.18. The summed E-state index contributed by atoms with van der Waals surface area (Å²) in [4.78, 5) is 9.88. The van der Waals surface area contributed by atoms with Crippen LogP contribution in [-0.2, 0) is 19.4 Å². The zero-order chi connectivity index (χ0) is 16.1. The minimum atomic E-state index is 0.590. The van der Waals surface area contributed by atoms with Gasteiger partial charge in [-0.15, -0.1) is 11.3 Å². The van der Waals surface area contributed by atoms with Gasteiger partial charge >= 0.3 is 0 Å². The van der Waals surface area contributed by atoms with E-state index in [1.807, 2.05) is 32.2 Å². The number of aromatic nitrogens is 3. The van der Waals surface area contributed by atoms with Crippen LogP contribution in [0.25, 0.3) is 11.5 Å².